The highest BCUT2D eigenvalue weighted by atomic mass is 16.5. The minimum absolute atomic E-state index is 0.236. The molecule has 4 heteroatoms. The maximum atomic E-state index is 10.5. The predicted octanol–water partition coefficient (Wildman–Crippen LogP) is 1.38. The number of aliphatic carboxylic acids is 1. The second kappa shape index (κ2) is 4.72. The third-order valence-electron chi connectivity index (χ3n) is 1.94. The van der Waals surface area contributed by atoms with Gasteiger partial charge in [-0.1, -0.05) is 6.07 Å². The van der Waals surface area contributed by atoms with E-state index in [1.165, 1.54) is 6.92 Å². The fourth-order valence-electron chi connectivity index (χ4n) is 0.945. The van der Waals surface area contributed by atoms with Gasteiger partial charge in [-0.2, -0.15) is 0 Å². The molecule has 1 N–H and O–H groups in total. The molecule has 14 heavy (non-hydrogen) atoms. The Bertz CT molecular complexity index is 325. The Labute approximate surface area is 82.5 Å². The molecule has 0 saturated heterocycles. The summed E-state index contributed by atoms with van der Waals surface area (Å²) in [6, 6.07) is 3.75. The zero-order chi connectivity index (χ0) is 10.6. The molecule has 1 aromatic heterocycles. The van der Waals surface area contributed by atoms with Crippen LogP contribution in [-0.4, -0.2) is 22.2 Å². The third-order valence-corrected chi connectivity index (χ3v) is 1.94. The smallest absolute Gasteiger partial charge is 0.332 e. The van der Waals surface area contributed by atoms with Crippen LogP contribution in [0.4, 0.5) is 0 Å². The van der Waals surface area contributed by atoms with E-state index in [9.17, 15) is 4.79 Å². The summed E-state index contributed by atoms with van der Waals surface area (Å²) in [6.45, 7) is 3.65. The van der Waals surface area contributed by atoms with Crippen LogP contribution in [0.25, 0.3) is 0 Å². The van der Waals surface area contributed by atoms with Crippen molar-refractivity contribution in [3.05, 3.63) is 29.6 Å². The number of aromatic nitrogens is 1. The number of pyridine rings is 1. The molecule has 0 radical (unpaired) electrons. The van der Waals surface area contributed by atoms with Crippen LogP contribution in [0.3, 0.4) is 0 Å². The highest BCUT2D eigenvalue weighted by Gasteiger charge is 2.11. The first-order valence-corrected chi connectivity index (χ1v) is 4.36. The van der Waals surface area contributed by atoms with Crippen LogP contribution in [0.1, 0.15) is 18.2 Å². The molecule has 0 saturated carbocycles. The minimum Gasteiger partial charge on any atom is -0.479 e. The number of carboxylic acids is 1. The van der Waals surface area contributed by atoms with Crippen LogP contribution in [0.5, 0.6) is 0 Å². The first-order valence-electron chi connectivity index (χ1n) is 4.36. The zero-order valence-electron chi connectivity index (χ0n) is 8.23. The lowest BCUT2D eigenvalue weighted by Crippen LogP contribution is -2.20. The highest BCUT2D eigenvalue weighted by Crippen LogP contribution is 2.06. The van der Waals surface area contributed by atoms with Gasteiger partial charge >= 0.3 is 5.97 Å². The van der Waals surface area contributed by atoms with Gasteiger partial charge in [-0.15, -0.1) is 0 Å². The molecule has 1 heterocycles. The first kappa shape index (κ1) is 10.7. The summed E-state index contributed by atoms with van der Waals surface area (Å²) in [6.07, 6.45) is 0.869. The van der Waals surface area contributed by atoms with Crippen molar-refractivity contribution in [2.45, 2.75) is 26.6 Å². The Morgan fingerprint density at radius 2 is 2.43 bits per heavy atom. The van der Waals surface area contributed by atoms with Crippen LogP contribution in [0.2, 0.25) is 0 Å². The van der Waals surface area contributed by atoms with E-state index in [-0.39, 0.29) is 6.61 Å². The first-order chi connectivity index (χ1) is 6.61. The minimum atomic E-state index is -0.960. The van der Waals surface area contributed by atoms with E-state index in [4.69, 9.17) is 9.84 Å². The molecule has 0 unspecified atom stereocenters. The number of hydrogen-bond donors (Lipinski definition) is 1. The van der Waals surface area contributed by atoms with Crippen molar-refractivity contribution in [1.82, 2.24) is 4.98 Å². The molecular weight excluding hydrogens is 182 g/mol. The molecule has 76 valence electrons. The molecular formula is C10H13NO3. The summed E-state index contributed by atoms with van der Waals surface area (Å²) < 4.78 is 5.11. The predicted molar refractivity (Wildman–Crippen MR) is 50.9 cm³/mol. The third kappa shape index (κ3) is 2.81. The number of aryl methyl sites for hydroxylation is 1. The van der Waals surface area contributed by atoms with Crippen molar-refractivity contribution in [3.63, 3.8) is 0 Å². The van der Waals surface area contributed by atoms with Gasteiger partial charge in [0.2, 0.25) is 0 Å². The van der Waals surface area contributed by atoms with E-state index in [0.717, 1.165) is 11.3 Å². The van der Waals surface area contributed by atoms with Crippen LogP contribution in [-0.2, 0) is 16.1 Å². The van der Waals surface area contributed by atoms with Crippen molar-refractivity contribution < 1.29 is 14.6 Å². The van der Waals surface area contributed by atoms with Gasteiger partial charge in [0.15, 0.2) is 6.10 Å². The van der Waals surface area contributed by atoms with Gasteiger partial charge in [-0.3, -0.25) is 4.98 Å². The number of rotatable bonds is 4. The van der Waals surface area contributed by atoms with Crippen LogP contribution in [0, 0.1) is 6.92 Å². The normalized spacial score (nSPS) is 12.4. The fraction of sp³-hybridized carbons (Fsp3) is 0.400. The summed E-state index contributed by atoms with van der Waals surface area (Å²) in [5.74, 6) is -0.960. The molecule has 0 aromatic carbocycles. The van der Waals surface area contributed by atoms with Gasteiger partial charge < -0.3 is 9.84 Å². The van der Waals surface area contributed by atoms with Crippen molar-refractivity contribution in [1.29, 1.82) is 0 Å². The lowest BCUT2D eigenvalue weighted by atomic mass is 10.2. The van der Waals surface area contributed by atoms with Crippen molar-refractivity contribution in [2.24, 2.45) is 0 Å². The quantitative estimate of drug-likeness (QED) is 0.788. The summed E-state index contributed by atoms with van der Waals surface area (Å²) in [5, 5.41) is 8.58. The molecule has 0 aliphatic rings. The molecule has 0 aliphatic carbocycles. The maximum absolute atomic E-state index is 10.5. The number of carboxylic acid groups (broad SMARTS) is 1. The Kier molecular flexibility index (Phi) is 3.59. The van der Waals surface area contributed by atoms with E-state index in [1.807, 2.05) is 19.1 Å². The van der Waals surface area contributed by atoms with Gasteiger partial charge in [0.05, 0.1) is 12.3 Å². The van der Waals surface area contributed by atoms with Gasteiger partial charge in [-0.25, -0.2) is 4.79 Å². The standard InChI is InChI=1S/C10H13NO3/c1-7-4-3-5-11-9(7)6-14-8(2)10(12)13/h3-5,8H,6H2,1-2H3,(H,12,13)/t8-/m0/s1. The maximum Gasteiger partial charge on any atom is 0.332 e. The Hall–Kier alpha value is -1.42. The zero-order valence-corrected chi connectivity index (χ0v) is 8.23. The van der Waals surface area contributed by atoms with Crippen LogP contribution < -0.4 is 0 Å². The van der Waals surface area contributed by atoms with E-state index in [2.05, 4.69) is 4.98 Å². The lowest BCUT2D eigenvalue weighted by molar-refractivity contribution is -0.149. The van der Waals surface area contributed by atoms with E-state index in [1.54, 1.807) is 6.20 Å². The van der Waals surface area contributed by atoms with Crippen LogP contribution >= 0.6 is 0 Å². The molecule has 0 spiro atoms. The van der Waals surface area contributed by atoms with Crippen molar-refractivity contribution in [2.75, 3.05) is 0 Å². The summed E-state index contributed by atoms with van der Waals surface area (Å²) in [5.41, 5.74) is 1.78. The van der Waals surface area contributed by atoms with Gasteiger partial charge in [-0.05, 0) is 25.5 Å². The van der Waals surface area contributed by atoms with E-state index < -0.39 is 12.1 Å². The second-order valence-electron chi connectivity index (χ2n) is 3.06. The van der Waals surface area contributed by atoms with E-state index in [0.29, 0.717) is 0 Å². The summed E-state index contributed by atoms with van der Waals surface area (Å²) in [4.78, 5) is 14.6. The molecule has 0 aliphatic heterocycles. The molecule has 1 aromatic rings. The number of ether oxygens (including phenoxy) is 1. The monoisotopic (exact) mass is 195 g/mol. The van der Waals surface area contributed by atoms with Crippen molar-refractivity contribution in [3.8, 4) is 0 Å². The molecule has 4 nitrogen and oxygen atoms in total. The summed E-state index contributed by atoms with van der Waals surface area (Å²) in [7, 11) is 0. The van der Waals surface area contributed by atoms with Crippen LogP contribution in [0.15, 0.2) is 18.3 Å². The number of carbonyl (C=O) groups is 1. The SMILES string of the molecule is Cc1cccnc1CO[C@@H](C)C(=O)O. The number of hydrogen-bond acceptors (Lipinski definition) is 3. The summed E-state index contributed by atoms with van der Waals surface area (Å²) >= 11 is 0. The Morgan fingerprint density at radius 1 is 1.71 bits per heavy atom. The second-order valence-corrected chi connectivity index (χ2v) is 3.06. The molecule has 1 atom stereocenters. The molecule has 0 amide bonds. The largest absolute Gasteiger partial charge is 0.479 e. The molecule has 0 bridgehead atoms. The molecule has 1 rings (SSSR count). The topological polar surface area (TPSA) is 59.4 Å². The van der Waals surface area contributed by atoms with Gasteiger partial charge in [0.25, 0.3) is 0 Å². The highest BCUT2D eigenvalue weighted by molar-refractivity contribution is 5.71. The Balaban J connectivity index is 2.54. The van der Waals surface area contributed by atoms with Crippen molar-refractivity contribution >= 4 is 5.97 Å². The number of nitrogens with zero attached hydrogens (tertiary/aromatic N) is 1. The lowest BCUT2D eigenvalue weighted by Gasteiger charge is -2.08. The van der Waals surface area contributed by atoms with E-state index >= 15 is 0 Å². The fourth-order valence-corrected chi connectivity index (χ4v) is 0.945. The Morgan fingerprint density at radius 3 is 3.00 bits per heavy atom. The average molecular weight is 195 g/mol. The average Bonchev–Trinajstić information content (AvgIpc) is 2.16. The molecule has 0 fully saturated rings. The van der Waals surface area contributed by atoms with Gasteiger partial charge in [0.1, 0.15) is 0 Å². The van der Waals surface area contributed by atoms with Gasteiger partial charge in [0, 0.05) is 6.20 Å².